The van der Waals surface area contributed by atoms with Gasteiger partial charge in [0.05, 0.1) is 17.4 Å². The van der Waals surface area contributed by atoms with Crippen LogP contribution in [0.4, 0.5) is 0 Å². The van der Waals surface area contributed by atoms with Crippen LogP contribution >= 0.6 is 0 Å². The van der Waals surface area contributed by atoms with E-state index in [2.05, 4.69) is 32.7 Å². The molecule has 5 nitrogen and oxygen atoms in total. The van der Waals surface area contributed by atoms with E-state index in [4.69, 9.17) is 4.52 Å². The standard InChI is InChI=1S/C18H16N4O/c1-2-10-22-12-19-15-11-14(8-9-16(15)22)17-20-18(23-21-17)13-6-4-3-5-7-13/h3-9,11-12H,2,10H2,1H3. The zero-order valence-electron chi connectivity index (χ0n) is 12.8. The fourth-order valence-electron chi connectivity index (χ4n) is 2.66. The molecule has 4 rings (SSSR count). The van der Waals surface area contributed by atoms with Crippen LogP contribution in [0, 0.1) is 0 Å². The van der Waals surface area contributed by atoms with E-state index in [0.717, 1.165) is 35.1 Å². The summed E-state index contributed by atoms with van der Waals surface area (Å²) in [7, 11) is 0. The third-order valence-corrected chi connectivity index (χ3v) is 3.79. The monoisotopic (exact) mass is 304 g/mol. The smallest absolute Gasteiger partial charge is 0.258 e. The van der Waals surface area contributed by atoms with E-state index in [-0.39, 0.29) is 0 Å². The quantitative estimate of drug-likeness (QED) is 0.568. The van der Waals surface area contributed by atoms with Gasteiger partial charge in [0.15, 0.2) is 0 Å². The normalized spacial score (nSPS) is 11.2. The molecule has 2 aromatic carbocycles. The first-order valence-electron chi connectivity index (χ1n) is 7.69. The van der Waals surface area contributed by atoms with E-state index in [1.807, 2.05) is 48.8 Å². The third kappa shape index (κ3) is 2.50. The summed E-state index contributed by atoms with van der Waals surface area (Å²) in [4.78, 5) is 8.95. The lowest BCUT2D eigenvalue weighted by Gasteiger charge is -2.01. The molecule has 0 spiro atoms. The number of aromatic nitrogens is 4. The van der Waals surface area contributed by atoms with E-state index in [1.54, 1.807) is 0 Å². The summed E-state index contributed by atoms with van der Waals surface area (Å²) in [6, 6.07) is 15.8. The summed E-state index contributed by atoms with van der Waals surface area (Å²) < 4.78 is 7.53. The summed E-state index contributed by atoms with van der Waals surface area (Å²) in [5, 5.41) is 4.09. The molecule has 0 amide bonds. The molecular formula is C18H16N4O. The van der Waals surface area contributed by atoms with Gasteiger partial charge in [0, 0.05) is 17.7 Å². The molecular weight excluding hydrogens is 288 g/mol. The highest BCUT2D eigenvalue weighted by atomic mass is 16.5. The number of nitrogens with zero attached hydrogens (tertiary/aromatic N) is 4. The van der Waals surface area contributed by atoms with Crippen LogP contribution in [0.5, 0.6) is 0 Å². The Balaban J connectivity index is 1.71. The van der Waals surface area contributed by atoms with Gasteiger partial charge in [-0.2, -0.15) is 4.98 Å². The van der Waals surface area contributed by atoms with Crippen LogP contribution < -0.4 is 0 Å². The Kier molecular flexibility index (Phi) is 3.38. The summed E-state index contributed by atoms with van der Waals surface area (Å²) in [6.45, 7) is 3.13. The lowest BCUT2D eigenvalue weighted by Crippen LogP contribution is -1.93. The van der Waals surface area contributed by atoms with Gasteiger partial charge in [0.1, 0.15) is 0 Å². The molecule has 23 heavy (non-hydrogen) atoms. The Morgan fingerprint density at radius 3 is 2.74 bits per heavy atom. The molecule has 0 N–H and O–H groups in total. The van der Waals surface area contributed by atoms with Crippen molar-refractivity contribution in [3.8, 4) is 22.8 Å². The van der Waals surface area contributed by atoms with E-state index in [9.17, 15) is 0 Å². The fraction of sp³-hybridized carbons (Fsp3) is 0.167. The van der Waals surface area contributed by atoms with Crippen molar-refractivity contribution in [3.05, 3.63) is 54.9 Å². The van der Waals surface area contributed by atoms with Crippen molar-refractivity contribution < 1.29 is 4.52 Å². The molecule has 2 heterocycles. The number of hydrogen-bond acceptors (Lipinski definition) is 4. The van der Waals surface area contributed by atoms with Gasteiger partial charge in [-0.3, -0.25) is 0 Å². The number of fused-ring (bicyclic) bond motifs is 1. The molecule has 0 aliphatic heterocycles. The van der Waals surface area contributed by atoms with Crippen LogP contribution in [0.25, 0.3) is 33.9 Å². The molecule has 114 valence electrons. The minimum Gasteiger partial charge on any atom is -0.334 e. The first kappa shape index (κ1) is 13.7. The van der Waals surface area contributed by atoms with Crippen molar-refractivity contribution in [2.24, 2.45) is 0 Å². The van der Waals surface area contributed by atoms with Crippen LogP contribution in [-0.2, 0) is 6.54 Å². The van der Waals surface area contributed by atoms with E-state index in [0.29, 0.717) is 11.7 Å². The summed E-state index contributed by atoms with van der Waals surface area (Å²) in [5.41, 5.74) is 3.90. The van der Waals surface area contributed by atoms with Crippen molar-refractivity contribution >= 4 is 11.0 Å². The topological polar surface area (TPSA) is 56.7 Å². The van der Waals surface area contributed by atoms with E-state index in [1.165, 1.54) is 0 Å². The van der Waals surface area contributed by atoms with Gasteiger partial charge in [-0.25, -0.2) is 4.98 Å². The maximum atomic E-state index is 5.37. The number of hydrogen-bond donors (Lipinski definition) is 0. The zero-order valence-corrected chi connectivity index (χ0v) is 12.8. The van der Waals surface area contributed by atoms with Crippen molar-refractivity contribution in [1.82, 2.24) is 19.7 Å². The molecule has 0 bridgehead atoms. The van der Waals surface area contributed by atoms with Crippen LogP contribution in [-0.4, -0.2) is 19.7 Å². The highest BCUT2D eigenvalue weighted by Gasteiger charge is 2.12. The highest BCUT2D eigenvalue weighted by Crippen LogP contribution is 2.24. The molecule has 0 unspecified atom stereocenters. The molecule has 0 radical (unpaired) electrons. The second-order valence-electron chi connectivity index (χ2n) is 5.43. The summed E-state index contributed by atoms with van der Waals surface area (Å²) in [6.07, 6.45) is 2.96. The van der Waals surface area contributed by atoms with Crippen molar-refractivity contribution in [2.45, 2.75) is 19.9 Å². The SMILES string of the molecule is CCCn1cnc2cc(-c3noc(-c4ccccc4)n3)ccc21. The lowest BCUT2D eigenvalue weighted by atomic mass is 10.2. The maximum absolute atomic E-state index is 5.37. The molecule has 0 saturated heterocycles. The third-order valence-electron chi connectivity index (χ3n) is 3.79. The minimum absolute atomic E-state index is 0.525. The minimum atomic E-state index is 0.525. The van der Waals surface area contributed by atoms with Gasteiger partial charge >= 0.3 is 0 Å². The molecule has 4 aromatic rings. The zero-order chi connectivity index (χ0) is 15.6. The molecule has 5 heteroatoms. The highest BCUT2D eigenvalue weighted by molar-refractivity contribution is 5.80. The van der Waals surface area contributed by atoms with Gasteiger partial charge in [0.25, 0.3) is 5.89 Å². The van der Waals surface area contributed by atoms with Crippen LogP contribution in [0.15, 0.2) is 59.4 Å². The first-order valence-corrected chi connectivity index (χ1v) is 7.69. The van der Waals surface area contributed by atoms with E-state index >= 15 is 0 Å². The number of aryl methyl sites for hydroxylation is 1. The van der Waals surface area contributed by atoms with Crippen LogP contribution in [0.3, 0.4) is 0 Å². The van der Waals surface area contributed by atoms with Crippen molar-refractivity contribution in [1.29, 1.82) is 0 Å². The Labute approximate surface area is 133 Å². The van der Waals surface area contributed by atoms with Crippen molar-refractivity contribution in [3.63, 3.8) is 0 Å². The van der Waals surface area contributed by atoms with Gasteiger partial charge in [-0.15, -0.1) is 0 Å². The summed E-state index contributed by atoms with van der Waals surface area (Å²) >= 11 is 0. The molecule has 2 aromatic heterocycles. The average Bonchev–Trinajstić information content (AvgIpc) is 3.23. The molecule has 0 aliphatic rings. The van der Waals surface area contributed by atoms with Gasteiger partial charge in [-0.05, 0) is 36.8 Å². The van der Waals surface area contributed by atoms with Gasteiger partial charge in [0.2, 0.25) is 5.82 Å². The van der Waals surface area contributed by atoms with E-state index < -0.39 is 0 Å². The Morgan fingerprint density at radius 2 is 1.91 bits per heavy atom. The van der Waals surface area contributed by atoms with Crippen molar-refractivity contribution in [2.75, 3.05) is 0 Å². The predicted molar refractivity (Wildman–Crippen MR) is 88.8 cm³/mol. The second kappa shape index (κ2) is 5.68. The fourth-order valence-corrected chi connectivity index (χ4v) is 2.66. The number of rotatable bonds is 4. The summed E-state index contributed by atoms with van der Waals surface area (Å²) in [5.74, 6) is 1.10. The molecule has 0 fully saturated rings. The van der Waals surface area contributed by atoms with Gasteiger partial charge in [-0.1, -0.05) is 30.3 Å². The van der Waals surface area contributed by atoms with Crippen LogP contribution in [0.2, 0.25) is 0 Å². The van der Waals surface area contributed by atoms with Crippen LogP contribution in [0.1, 0.15) is 13.3 Å². The number of benzene rings is 2. The average molecular weight is 304 g/mol. The molecule has 0 aliphatic carbocycles. The molecule has 0 atom stereocenters. The first-order chi connectivity index (χ1) is 11.3. The second-order valence-corrected chi connectivity index (χ2v) is 5.43. The maximum Gasteiger partial charge on any atom is 0.258 e. The Hall–Kier alpha value is -2.95. The Bertz CT molecular complexity index is 940. The number of imidazole rings is 1. The lowest BCUT2D eigenvalue weighted by molar-refractivity contribution is 0.432. The largest absolute Gasteiger partial charge is 0.334 e. The predicted octanol–water partition coefficient (Wildman–Crippen LogP) is 4.16. The Morgan fingerprint density at radius 1 is 1.04 bits per heavy atom. The van der Waals surface area contributed by atoms with Gasteiger partial charge < -0.3 is 9.09 Å². The molecule has 0 saturated carbocycles.